The van der Waals surface area contributed by atoms with E-state index in [9.17, 15) is 14.7 Å². The van der Waals surface area contributed by atoms with E-state index in [0.717, 1.165) is 24.2 Å². The standard InChI is InChI=1S/C30H32FN9O3/c1-17(2)39-16-33-36-27(39)22-5-4-6-25(34-22)35-28(41)20-10-23-19(9-21(20)31)11-37(29(42)38-13-30(3,43)14-38)12-24-26(18-7-8-18)32-15-40(23)24/h4-6,9-10,15-18,43H,7-8,11-14H2,1-3H3,(H,34,35,41). The van der Waals surface area contributed by atoms with Gasteiger partial charge in [-0.1, -0.05) is 6.07 Å². The normalized spacial score (nSPS) is 17.3. The fraction of sp³-hybridized carbons (Fsp3) is 0.400. The van der Waals surface area contributed by atoms with Gasteiger partial charge < -0.3 is 29.4 Å². The number of anilines is 1. The molecule has 0 radical (unpaired) electrons. The Labute approximate surface area is 247 Å². The first kappa shape index (κ1) is 27.2. The van der Waals surface area contributed by atoms with Crippen LogP contribution >= 0.6 is 0 Å². The van der Waals surface area contributed by atoms with Gasteiger partial charge in [-0.3, -0.25) is 4.79 Å². The molecule has 1 saturated heterocycles. The van der Waals surface area contributed by atoms with E-state index >= 15 is 4.39 Å². The van der Waals surface area contributed by atoms with Gasteiger partial charge >= 0.3 is 6.03 Å². The number of rotatable bonds is 5. The van der Waals surface area contributed by atoms with Crippen LogP contribution in [0.15, 0.2) is 43.0 Å². The zero-order valence-corrected chi connectivity index (χ0v) is 24.2. The van der Waals surface area contributed by atoms with E-state index in [1.165, 1.54) is 12.1 Å². The summed E-state index contributed by atoms with van der Waals surface area (Å²) in [6.45, 7) is 6.62. The van der Waals surface area contributed by atoms with Gasteiger partial charge in [-0.05, 0) is 63.4 Å². The number of aliphatic hydroxyl groups is 1. The summed E-state index contributed by atoms with van der Waals surface area (Å²) in [7, 11) is 0. The molecular formula is C30H32FN9O3. The number of carbonyl (C=O) groups is 2. The Hall–Kier alpha value is -4.65. The number of aromatic nitrogens is 6. The minimum absolute atomic E-state index is 0.110. The molecule has 0 bridgehead atoms. The van der Waals surface area contributed by atoms with Crippen molar-refractivity contribution >= 4 is 17.8 Å². The van der Waals surface area contributed by atoms with Crippen LogP contribution < -0.4 is 5.32 Å². The van der Waals surface area contributed by atoms with Gasteiger partial charge in [-0.2, -0.15) is 0 Å². The van der Waals surface area contributed by atoms with E-state index in [-0.39, 0.29) is 43.1 Å². The molecule has 2 fully saturated rings. The highest BCUT2D eigenvalue weighted by molar-refractivity contribution is 6.04. The van der Waals surface area contributed by atoms with Gasteiger partial charge in [-0.25, -0.2) is 19.2 Å². The number of amides is 3. The molecule has 0 unspecified atom stereocenters. The summed E-state index contributed by atoms with van der Waals surface area (Å²) in [5.41, 5.74) is 2.39. The molecule has 2 aliphatic heterocycles. The molecule has 0 atom stereocenters. The summed E-state index contributed by atoms with van der Waals surface area (Å²) in [6.07, 6.45) is 5.37. The van der Waals surface area contributed by atoms with E-state index in [1.54, 1.807) is 47.6 Å². The third-order valence-corrected chi connectivity index (χ3v) is 8.19. The number of likely N-dealkylation sites (tertiary alicyclic amines) is 1. The Morgan fingerprint density at radius 1 is 1.12 bits per heavy atom. The predicted octanol–water partition coefficient (Wildman–Crippen LogP) is 3.88. The van der Waals surface area contributed by atoms with Crippen LogP contribution in [0, 0.1) is 5.82 Å². The van der Waals surface area contributed by atoms with Crippen molar-refractivity contribution in [2.24, 2.45) is 0 Å². The molecule has 222 valence electrons. The van der Waals surface area contributed by atoms with E-state index in [0.29, 0.717) is 35.2 Å². The average Bonchev–Trinajstić information content (AvgIpc) is 3.56. The monoisotopic (exact) mass is 585 g/mol. The number of imidazole rings is 1. The second kappa shape index (κ2) is 9.97. The van der Waals surface area contributed by atoms with Crippen LogP contribution in [0.4, 0.5) is 15.0 Å². The lowest BCUT2D eigenvalue weighted by Crippen LogP contribution is -2.64. The second-order valence-electron chi connectivity index (χ2n) is 12.2. The van der Waals surface area contributed by atoms with Crippen molar-refractivity contribution < 1.29 is 19.1 Å². The summed E-state index contributed by atoms with van der Waals surface area (Å²) in [5.74, 6) is -0.238. The van der Waals surface area contributed by atoms with E-state index in [2.05, 4.69) is 25.5 Å². The summed E-state index contributed by atoms with van der Waals surface area (Å²) in [5, 5.41) is 21.1. The zero-order valence-electron chi connectivity index (χ0n) is 24.2. The molecule has 3 aliphatic rings. The van der Waals surface area contributed by atoms with Crippen molar-refractivity contribution in [3.8, 4) is 17.2 Å². The van der Waals surface area contributed by atoms with Crippen LogP contribution in [0.3, 0.4) is 0 Å². The number of nitrogens with zero attached hydrogens (tertiary/aromatic N) is 8. The smallest absolute Gasteiger partial charge is 0.320 e. The van der Waals surface area contributed by atoms with Crippen LogP contribution in [-0.2, 0) is 13.1 Å². The Kier molecular flexibility index (Phi) is 6.31. The minimum atomic E-state index is -0.907. The van der Waals surface area contributed by atoms with Crippen molar-refractivity contribution in [3.63, 3.8) is 0 Å². The number of hydrogen-bond acceptors (Lipinski definition) is 7. The molecule has 12 nitrogen and oxygen atoms in total. The van der Waals surface area contributed by atoms with E-state index < -0.39 is 17.3 Å². The summed E-state index contributed by atoms with van der Waals surface area (Å²) in [6, 6.07) is 7.86. The molecule has 3 amide bonds. The lowest BCUT2D eigenvalue weighted by atomic mass is 9.97. The van der Waals surface area contributed by atoms with Crippen LogP contribution in [0.5, 0.6) is 0 Å². The van der Waals surface area contributed by atoms with Gasteiger partial charge in [0.15, 0.2) is 5.82 Å². The van der Waals surface area contributed by atoms with Crippen LogP contribution in [0.1, 0.15) is 72.9 Å². The molecule has 4 aromatic rings. The van der Waals surface area contributed by atoms with Crippen LogP contribution in [0.25, 0.3) is 17.2 Å². The maximum Gasteiger partial charge on any atom is 0.320 e. The van der Waals surface area contributed by atoms with Crippen molar-refractivity contribution in [1.29, 1.82) is 0 Å². The molecule has 3 aromatic heterocycles. The van der Waals surface area contributed by atoms with Crippen LogP contribution in [0.2, 0.25) is 0 Å². The predicted molar refractivity (Wildman–Crippen MR) is 154 cm³/mol. The number of benzene rings is 1. The highest BCUT2D eigenvalue weighted by Crippen LogP contribution is 2.43. The molecule has 13 heteroatoms. The number of carbonyl (C=O) groups excluding carboxylic acids is 2. The third kappa shape index (κ3) is 4.92. The third-order valence-electron chi connectivity index (χ3n) is 8.19. The van der Waals surface area contributed by atoms with Crippen molar-refractivity contribution in [3.05, 3.63) is 71.3 Å². The molecule has 43 heavy (non-hydrogen) atoms. The molecule has 0 spiro atoms. The number of hydrogen-bond donors (Lipinski definition) is 2. The highest BCUT2D eigenvalue weighted by Gasteiger charge is 2.42. The Morgan fingerprint density at radius 2 is 1.91 bits per heavy atom. The van der Waals surface area contributed by atoms with Gasteiger partial charge in [0.1, 0.15) is 23.7 Å². The van der Waals surface area contributed by atoms with Gasteiger partial charge in [0, 0.05) is 12.0 Å². The van der Waals surface area contributed by atoms with Crippen molar-refractivity contribution in [2.45, 2.75) is 64.3 Å². The first-order valence-electron chi connectivity index (χ1n) is 14.4. The molecule has 1 aliphatic carbocycles. The summed E-state index contributed by atoms with van der Waals surface area (Å²) in [4.78, 5) is 39.3. The average molecular weight is 586 g/mol. The number of β-amino-alcohol motifs (C(OH)–C–C–N with tert-alkyl or cyclic N) is 1. The number of halogens is 1. The molecular weight excluding hydrogens is 553 g/mol. The zero-order chi connectivity index (χ0) is 30.0. The van der Waals surface area contributed by atoms with E-state index in [4.69, 9.17) is 0 Å². The number of fused-ring (bicyclic) bond motifs is 3. The fourth-order valence-electron chi connectivity index (χ4n) is 5.88. The minimum Gasteiger partial charge on any atom is -0.386 e. The first-order chi connectivity index (χ1) is 20.6. The Balaban J connectivity index is 1.21. The molecule has 1 aromatic carbocycles. The largest absolute Gasteiger partial charge is 0.386 e. The van der Waals surface area contributed by atoms with Gasteiger partial charge in [-0.15, -0.1) is 10.2 Å². The quantitative estimate of drug-likeness (QED) is 0.363. The summed E-state index contributed by atoms with van der Waals surface area (Å²) >= 11 is 0. The maximum atomic E-state index is 15.6. The maximum absolute atomic E-state index is 15.6. The van der Waals surface area contributed by atoms with Crippen LogP contribution in [-0.4, -0.2) is 74.8 Å². The topological polar surface area (TPSA) is 134 Å². The number of urea groups is 1. The SMILES string of the molecule is CC(C)n1cnnc1-c1cccc(NC(=O)c2cc3c(cc2F)CN(C(=O)N2CC(C)(O)C2)Cc2c(C4CC4)ncn2-3)n1. The lowest BCUT2D eigenvalue weighted by Gasteiger charge is -2.45. The Morgan fingerprint density at radius 3 is 2.63 bits per heavy atom. The van der Waals surface area contributed by atoms with E-state index in [1.807, 2.05) is 23.0 Å². The molecule has 7 rings (SSSR count). The molecule has 5 heterocycles. The number of pyridine rings is 1. The fourth-order valence-corrected chi connectivity index (χ4v) is 5.88. The number of nitrogens with one attached hydrogen (secondary N) is 1. The first-order valence-corrected chi connectivity index (χ1v) is 14.4. The van der Waals surface area contributed by atoms with Crippen molar-refractivity contribution in [1.82, 2.24) is 39.1 Å². The second-order valence-corrected chi connectivity index (χ2v) is 12.2. The summed E-state index contributed by atoms with van der Waals surface area (Å²) < 4.78 is 19.4. The van der Waals surface area contributed by atoms with Gasteiger partial charge in [0.2, 0.25) is 0 Å². The highest BCUT2D eigenvalue weighted by atomic mass is 19.1. The molecule has 1 saturated carbocycles. The van der Waals surface area contributed by atoms with Gasteiger partial charge in [0.25, 0.3) is 5.91 Å². The van der Waals surface area contributed by atoms with Crippen molar-refractivity contribution in [2.75, 3.05) is 18.4 Å². The lowest BCUT2D eigenvalue weighted by molar-refractivity contribution is -0.0673. The van der Waals surface area contributed by atoms with Gasteiger partial charge in [0.05, 0.1) is 60.7 Å². The Bertz CT molecular complexity index is 1750. The molecule has 2 N–H and O–H groups in total.